The van der Waals surface area contributed by atoms with Crippen molar-refractivity contribution in [2.24, 2.45) is 0 Å². The Balaban J connectivity index is 1.73. The van der Waals surface area contributed by atoms with Crippen molar-refractivity contribution in [1.82, 2.24) is 0 Å². The topological polar surface area (TPSA) is 38.7 Å². The average molecular weight is 427 g/mol. The SMILES string of the molecule is CC(C)(C)[Si](C)(C)OCC(O)Cc1cc2c(cc1OCc1ccccc1)CCCC2. The molecule has 1 unspecified atom stereocenters. The van der Waals surface area contributed by atoms with Crippen LogP contribution in [0.5, 0.6) is 5.75 Å². The van der Waals surface area contributed by atoms with Gasteiger partial charge in [-0.25, -0.2) is 0 Å². The van der Waals surface area contributed by atoms with Crippen LogP contribution in [0.2, 0.25) is 18.1 Å². The fraction of sp³-hybridized carbons (Fsp3) is 0.538. The van der Waals surface area contributed by atoms with Crippen LogP contribution in [0.4, 0.5) is 0 Å². The van der Waals surface area contributed by atoms with Gasteiger partial charge in [0.1, 0.15) is 12.4 Å². The van der Waals surface area contributed by atoms with Crippen molar-refractivity contribution in [2.75, 3.05) is 6.61 Å². The molecule has 0 aliphatic heterocycles. The number of hydrogen-bond acceptors (Lipinski definition) is 3. The Morgan fingerprint density at radius 1 is 1.00 bits per heavy atom. The minimum atomic E-state index is -1.87. The highest BCUT2D eigenvalue weighted by molar-refractivity contribution is 6.74. The summed E-state index contributed by atoms with van der Waals surface area (Å²) in [7, 11) is -1.87. The van der Waals surface area contributed by atoms with Gasteiger partial charge >= 0.3 is 0 Å². The average Bonchev–Trinajstić information content (AvgIpc) is 2.70. The highest BCUT2D eigenvalue weighted by atomic mass is 28.4. The van der Waals surface area contributed by atoms with Crippen LogP contribution in [0.1, 0.15) is 55.9 Å². The lowest BCUT2D eigenvalue weighted by Crippen LogP contribution is -2.42. The van der Waals surface area contributed by atoms with Crippen LogP contribution >= 0.6 is 0 Å². The molecule has 0 aromatic heterocycles. The van der Waals surface area contributed by atoms with E-state index in [0.717, 1.165) is 29.7 Å². The molecule has 2 aromatic rings. The fourth-order valence-corrected chi connectivity index (χ4v) is 4.72. The zero-order chi connectivity index (χ0) is 21.8. The molecule has 164 valence electrons. The summed E-state index contributed by atoms with van der Waals surface area (Å²) in [5.41, 5.74) is 5.07. The summed E-state index contributed by atoms with van der Waals surface area (Å²) in [5.74, 6) is 0.908. The largest absolute Gasteiger partial charge is 0.489 e. The number of fused-ring (bicyclic) bond motifs is 1. The van der Waals surface area contributed by atoms with Crippen LogP contribution < -0.4 is 4.74 Å². The number of rotatable bonds is 8. The predicted octanol–water partition coefficient (Wildman–Crippen LogP) is 6.07. The first-order valence-corrected chi connectivity index (χ1v) is 14.2. The number of aliphatic hydroxyl groups is 1. The maximum absolute atomic E-state index is 10.8. The van der Waals surface area contributed by atoms with E-state index < -0.39 is 14.4 Å². The first-order chi connectivity index (χ1) is 14.2. The monoisotopic (exact) mass is 426 g/mol. The van der Waals surface area contributed by atoms with Crippen molar-refractivity contribution in [2.45, 2.75) is 83.7 Å². The molecular weight excluding hydrogens is 388 g/mol. The van der Waals surface area contributed by atoms with E-state index in [2.05, 4.69) is 58.1 Å². The highest BCUT2D eigenvalue weighted by Crippen LogP contribution is 2.37. The summed E-state index contributed by atoms with van der Waals surface area (Å²) in [5, 5.41) is 10.9. The molecule has 0 bridgehead atoms. The molecule has 2 aromatic carbocycles. The molecule has 0 fully saturated rings. The second-order valence-electron chi connectivity index (χ2n) is 10.1. The van der Waals surface area contributed by atoms with Crippen LogP contribution in [0.25, 0.3) is 0 Å². The van der Waals surface area contributed by atoms with E-state index in [0.29, 0.717) is 19.6 Å². The van der Waals surface area contributed by atoms with Gasteiger partial charge in [-0.05, 0) is 72.1 Å². The van der Waals surface area contributed by atoms with Crippen molar-refractivity contribution >= 4 is 8.32 Å². The van der Waals surface area contributed by atoms with Crippen LogP contribution in [-0.4, -0.2) is 26.1 Å². The van der Waals surface area contributed by atoms with Gasteiger partial charge in [0.15, 0.2) is 8.32 Å². The third-order valence-corrected chi connectivity index (χ3v) is 11.2. The third-order valence-electron chi connectivity index (χ3n) is 6.66. The Labute approximate surface area is 183 Å². The van der Waals surface area contributed by atoms with Gasteiger partial charge in [0.25, 0.3) is 0 Å². The standard InChI is InChI=1S/C26H38O3Si/c1-26(2,3)30(4,5)29-19-24(27)16-23-15-21-13-9-10-14-22(21)17-25(23)28-18-20-11-7-6-8-12-20/h6-8,11-12,15,17,24,27H,9-10,13-14,16,18-19H2,1-5H3. The zero-order valence-electron chi connectivity index (χ0n) is 19.3. The van der Waals surface area contributed by atoms with E-state index in [1.165, 1.54) is 24.0 Å². The third kappa shape index (κ3) is 5.96. The molecule has 0 heterocycles. The van der Waals surface area contributed by atoms with Crippen molar-refractivity contribution < 1.29 is 14.3 Å². The van der Waals surface area contributed by atoms with Crippen LogP contribution in [0.15, 0.2) is 42.5 Å². The Bertz CT molecular complexity index is 824. The molecule has 0 radical (unpaired) electrons. The quantitative estimate of drug-likeness (QED) is 0.521. The summed E-state index contributed by atoms with van der Waals surface area (Å²) in [6, 6.07) is 14.7. The number of aryl methyl sites for hydroxylation is 2. The van der Waals surface area contributed by atoms with Crippen molar-refractivity contribution in [3.05, 3.63) is 64.7 Å². The Morgan fingerprint density at radius 3 is 2.27 bits per heavy atom. The molecule has 0 saturated heterocycles. The lowest BCUT2D eigenvalue weighted by Gasteiger charge is -2.36. The molecule has 1 aliphatic rings. The summed E-state index contributed by atoms with van der Waals surface area (Å²) in [6.07, 6.45) is 4.76. The predicted molar refractivity (Wildman–Crippen MR) is 127 cm³/mol. The lowest BCUT2D eigenvalue weighted by atomic mass is 9.89. The van der Waals surface area contributed by atoms with Crippen LogP contribution in [0.3, 0.4) is 0 Å². The van der Waals surface area contributed by atoms with Crippen molar-refractivity contribution in [3.63, 3.8) is 0 Å². The van der Waals surface area contributed by atoms with Gasteiger partial charge < -0.3 is 14.3 Å². The summed E-state index contributed by atoms with van der Waals surface area (Å²) < 4.78 is 12.5. The zero-order valence-corrected chi connectivity index (χ0v) is 20.3. The fourth-order valence-electron chi connectivity index (χ4n) is 3.68. The highest BCUT2D eigenvalue weighted by Gasteiger charge is 2.37. The van der Waals surface area contributed by atoms with E-state index in [9.17, 15) is 5.11 Å². The maximum atomic E-state index is 10.8. The summed E-state index contributed by atoms with van der Waals surface area (Å²) >= 11 is 0. The second-order valence-corrected chi connectivity index (χ2v) is 14.9. The molecule has 30 heavy (non-hydrogen) atoms. The lowest BCUT2D eigenvalue weighted by molar-refractivity contribution is 0.0992. The van der Waals surface area contributed by atoms with E-state index in [4.69, 9.17) is 9.16 Å². The molecular formula is C26H38O3Si. The van der Waals surface area contributed by atoms with E-state index in [-0.39, 0.29) is 5.04 Å². The first-order valence-electron chi connectivity index (χ1n) is 11.3. The van der Waals surface area contributed by atoms with Crippen LogP contribution in [-0.2, 0) is 30.3 Å². The molecule has 4 heteroatoms. The van der Waals surface area contributed by atoms with Gasteiger partial charge in [-0.2, -0.15) is 0 Å². The summed E-state index contributed by atoms with van der Waals surface area (Å²) in [6.45, 7) is 12.1. The smallest absolute Gasteiger partial charge is 0.192 e. The number of ether oxygens (including phenoxy) is 1. The Morgan fingerprint density at radius 2 is 1.63 bits per heavy atom. The number of hydrogen-bond donors (Lipinski definition) is 1. The first kappa shape index (κ1) is 23.0. The number of benzene rings is 2. The number of aliphatic hydroxyl groups excluding tert-OH is 1. The van der Waals surface area contributed by atoms with Gasteiger partial charge in [0.2, 0.25) is 0 Å². The van der Waals surface area contributed by atoms with Gasteiger partial charge in [0, 0.05) is 6.42 Å². The molecule has 0 spiro atoms. The molecule has 1 N–H and O–H groups in total. The van der Waals surface area contributed by atoms with Crippen LogP contribution in [0, 0.1) is 0 Å². The van der Waals surface area contributed by atoms with Gasteiger partial charge in [-0.3, -0.25) is 0 Å². The van der Waals surface area contributed by atoms with E-state index in [1.54, 1.807) is 0 Å². The minimum absolute atomic E-state index is 0.141. The van der Waals surface area contributed by atoms with E-state index in [1.807, 2.05) is 18.2 Å². The van der Waals surface area contributed by atoms with Gasteiger partial charge in [0.05, 0.1) is 12.7 Å². The molecule has 3 nitrogen and oxygen atoms in total. The molecule has 1 aliphatic carbocycles. The van der Waals surface area contributed by atoms with E-state index >= 15 is 0 Å². The second kappa shape index (κ2) is 9.67. The maximum Gasteiger partial charge on any atom is 0.192 e. The minimum Gasteiger partial charge on any atom is -0.489 e. The molecule has 0 saturated carbocycles. The Kier molecular flexibility index (Phi) is 7.43. The normalized spacial score (nSPS) is 15.5. The Hall–Kier alpha value is -1.62. The van der Waals surface area contributed by atoms with Crippen molar-refractivity contribution in [3.8, 4) is 5.75 Å². The van der Waals surface area contributed by atoms with Gasteiger partial charge in [-0.15, -0.1) is 0 Å². The molecule has 3 rings (SSSR count). The molecule has 0 amide bonds. The van der Waals surface area contributed by atoms with Crippen molar-refractivity contribution in [1.29, 1.82) is 0 Å². The van der Waals surface area contributed by atoms with Gasteiger partial charge in [-0.1, -0.05) is 57.2 Å². The summed E-state index contributed by atoms with van der Waals surface area (Å²) in [4.78, 5) is 0. The molecule has 1 atom stereocenters.